The van der Waals surface area contributed by atoms with Crippen molar-refractivity contribution in [3.05, 3.63) is 188 Å². The average Bonchev–Trinajstić information content (AvgIpc) is 3.80. The first-order valence-corrected chi connectivity index (χ1v) is 22.3. The number of aryl methyl sites for hydroxylation is 5. The largest absolute Gasteiger partial charge is 0.457 e. The molecule has 0 saturated carbocycles. The first-order chi connectivity index (χ1) is 32.1. The molecule has 4 heterocycles. The minimum absolute atomic E-state index is 0.263. The number of rotatable bonds is 16. The van der Waals surface area contributed by atoms with Crippen LogP contribution in [0.25, 0.3) is 22.3 Å². The van der Waals surface area contributed by atoms with Crippen LogP contribution in [0.3, 0.4) is 0 Å². The fourth-order valence-corrected chi connectivity index (χ4v) is 7.75. The molecule has 14 heteroatoms. The lowest BCUT2D eigenvalue weighted by Crippen LogP contribution is -2.17. The highest BCUT2D eigenvalue weighted by Gasteiger charge is 2.15. The monoisotopic (exact) mass is 882 g/mol. The van der Waals surface area contributed by atoms with Gasteiger partial charge in [0.1, 0.15) is 45.7 Å². The number of anilines is 2. The zero-order chi connectivity index (χ0) is 46.0. The van der Waals surface area contributed by atoms with Gasteiger partial charge in [-0.05, 0) is 122 Å². The summed E-state index contributed by atoms with van der Waals surface area (Å²) in [7, 11) is 0. The second kappa shape index (κ2) is 20.7. The fourth-order valence-electron chi connectivity index (χ4n) is 7.75. The van der Waals surface area contributed by atoms with Crippen molar-refractivity contribution in [2.75, 3.05) is 11.5 Å². The second-order valence-corrected chi connectivity index (χ2v) is 16.3. The van der Waals surface area contributed by atoms with E-state index in [2.05, 4.69) is 85.4 Å². The van der Waals surface area contributed by atoms with Gasteiger partial charge in [0, 0.05) is 0 Å². The van der Waals surface area contributed by atoms with Crippen molar-refractivity contribution in [2.24, 2.45) is 0 Å². The van der Waals surface area contributed by atoms with Crippen molar-refractivity contribution >= 4 is 34.0 Å². The Morgan fingerprint density at radius 2 is 0.833 bits per heavy atom. The molecule has 66 heavy (non-hydrogen) atoms. The maximum atomic E-state index is 12.4. The summed E-state index contributed by atoms with van der Waals surface area (Å²) in [4.78, 5) is 47.3. The van der Waals surface area contributed by atoms with Crippen LogP contribution in [-0.4, -0.2) is 39.0 Å². The zero-order valence-electron chi connectivity index (χ0n) is 37.5. The molecule has 0 spiro atoms. The summed E-state index contributed by atoms with van der Waals surface area (Å²) in [6.45, 7) is 6.46. The van der Waals surface area contributed by atoms with Gasteiger partial charge in [-0.1, -0.05) is 98.6 Å². The Kier molecular flexibility index (Phi) is 14.0. The molecule has 0 fully saturated rings. The molecule has 336 valence electrons. The van der Waals surface area contributed by atoms with Crippen LogP contribution in [0.5, 0.6) is 23.0 Å². The smallest absolute Gasteiger partial charge is 0.328 e. The number of nitrogens with two attached hydrogens (primary N) is 2. The fraction of sp³-hybridized carbons (Fsp3) is 0.231. The van der Waals surface area contributed by atoms with E-state index < -0.39 is 0 Å². The first kappa shape index (κ1) is 44.6. The number of nitrogen functional groups attached to an aromatic ring is 2. The number of H-pyrrole nitrogens is 2. The molecule has 0 bridgehead atoms. The maximum Gasteiger partial charge on any atom is 0.328 e. The summed E-state index contributed by atoms with van der Waals surface area (Å²) in [5.74, 6) is 4.68. The molecule has 0 aliphatic heterocycles. The lowest BCUT2D eigenvalue weighted by Gasteiger charge is -2.09. The number of ether oxygens (including phenoxy) is 2. The number of benzene rings is 5. The van der Waals surface area contributed by atoms with Crippen molar-refractivity contribution in [1.29, 1.82) is 0 Å². The second-order valence-electron chi connectivity index (χ2n) is 16.3. The first-order valence-electron chi connectivity index (χ1n) is 22.3. The molecule has 9 aromatic rings. The van der Waals surface area contributed by atoms with Crippen LogP contribution in [-0.2, 0) is 32.4 Å². The number of unbranched alkanes of at least 4 members (excludes halogenated alkanes) is 2. The molecule has 9 rings (SSSR count). The van der Waals surface area contributed by atoms with Crippen LogP contribution < -0.4 is 32.3 Å². The predicted octanol–water partition coefficient (Wildman–Crippen LogP) is 9.61. The van der Waals surface area contributed by atoms with Crippen molar-refractivity contribution in [2.45, 2.75) is 78.8 Å². The number of aromatic nitrogens is 8. The molecule has 0 aliphatic carbocycles. The average molecular weight is 883 g/mol. The van der Waals surface area contributed by atoms with Gasteiger partial charge < -0.3 is 30.9 Å². The third kappa shape index (κ3) is 11.2. The minimum atomic E-state index is -0.268. The molecule has 6 N–H and O–H groups in total. The van der Waals surface area contributed by atoms with Gasteiger partial charge in [0.15, 0.2) is 22.9 Å². The van der Waals surface area contributed by atoms with E-state index in [0.717, 1.165) is 59.8 Å². The Morgan fingerprint density at radius 1 is 0.470 bits per heavy atom. The van der Waals surface area contributed by atoms with E-state index in [0.29, 0.717) is 47.1 Å². The number of fused-ring (bicyclic) bond motifs is 2. The molecule has 0 amide bonds. The molecule has 14 nitrogen and oxygen atoms in total. The Hall–Kier alpha value is -8.00. The lowest BCUT2D eigenvalue weighted by molar-refractivity contribution is 0.482. The number of hydrogen-bond acceptors (Lipinski definition) is 10. The number of aromatic amines is 2. The third-order valence-electron chi connectivity index (χ3n) is 11.2. The molecule has 5 aromatic carbocycles. The number of imidazole rings is 2. The van der Waals surface area contributed by atoms with Gasteiger partial charge in [0.25, 0.3) is 0 Å². The highest BCUT2D eigenvalue weighted by Crippen LogP contribution is 2.25. The van der Waals surface area contributed by atoms with Gasteiger partial charge in [-0.3, -0.25) is 9.13 Å². The molecule has 0 aliphatic rings. The zero-order valence-corrected chi connectivity index (χ0v) is 37.5. The number of nitrogens with one attached hydrogen (secondary N) is 2. The van der Waals surface area contributed by atoms with Crippen molar-refractivity contribution in [3.63, 3.8) is 0 Å². The Balaban J connectivity index is 0.000000181. The van der Waals surface area contributed by atoms with E-state index >= 15 is 0 Å². The Morgan fingerprint density at radius 3 is 1.23 bits per heavy atom. The highest BCUT2D eigenvalue weighted by molar-refractivity contribution is 5.82. The molecule has 0 radical (unpaired) electrons. The number of hydrogen-bond donors (Lipinski definition) is 4. The minimum Gasteiger partial charge on any atom is -0.457 e. The van der Waals surface area contributed by atoms with Crippen molar-refractivity contribution < 1.29 is 9.47 Å². The van der Waals surface area contributed by atoms with Gasteiger partial charge in [0.2, 0.25) is 0 Å². The van der Waals surface area contributed by atoms with E-state index in [1.54, 1.807) is 23.0 Å². The maximum absolute atomic E-state index is 12.4. The summed E-state index contributed by atoms with van der Waals surface area (Å²) in [6.07, 6.45) is 8.04. The quantitative estimate of drug-likeness (QED) is 0.0678. The molecular formula is C52H54N10O4. The summed E-state index contributed by atoms with van der Waals surface area (Å²) >= 11 is 0. The standard InChI is InChI=1S/C28H27N5O2.C24H27N5O2/c1-19-30-26(29)25-27(31-19)33(28(34)32-25)18-22-12-16-24(17-13-22)35-23-14-10-21(11-15-23)9-5-8-20-6-3-2-4-7-20;1-3-4-5-6-17-7-11-19(12-8-17)31-20-13-9-18(10-14-20)15-29-23-21(28-24(29)30)22(25)26-16(2)27-23/h2-4,6-7,10-17H,5,8-9,18H2,1H3,(H,32,34)(H2,29,30,31);7-14H,3-6,15H2,1-2H3,(H,28,30)(H2,25,26,27). The van der Waals surface area contributed by atoms with Crippen LogP contribution in [0, 0.1) is 13.8 Å². The molecule has 4 aromatic heterocycles. The summed E-state index contributed by atoms with van der Waals surface area (Å²) in [5.41, 5.74) is 19.2. The van der Waals surface area contributed by atoms with E-state index in [1.807, 2.05) is 78.9 Å². The van der Waals surface area contributed by atoms with Gasteiger partial charge in [-0.25, -0.2) is 29.5 Å². The van der Waals surface area contributed by atoms with Gasteiger partial charge in [0.05, 0.1) is 13.1 Å². The Bertz CT molecular complexity index is 3140. The van der Waals surface area contributed by atoms with E-state index in [9.17, 15) is 9.59 Å². The summed E-state index contributed by atoms with van der Waals surface area (Å²) in [5, 5.41) is 0. The van der Waals surface area contributed by atoms with Gasteiger partial charge in [-0.15, -0.1) is 0 Å². The third-order valence-corrected chi connectivity index (χ3v) is 11.2. The van der Waals surface area contributed by atoms with Crippen LogP contribution in [0.2, 0.25) is 0 Å². The van der Waals surface area contributed by atoms with Crippen molar-refractivity contribution in [1.82, 2.24) is 39.0 Å². The van der Waals surface area contributed by atoms with Crippen LogP contribution in [0.15, 0.2) is 137 Å². The van der Waals surface area contributed by atoms with Gasteiger partial charge in [-0.2, -0.15) is 0 Å². The van der Waals surface area contributed by atoms with Gasteiger partial charge >= 0.3 is 11.4 Å². The summed E-state index contributed by atoms with van der Waals surface area (Å²) in [6, 6.07) is 42.4. The lowest BCUT2D eigenvalue weighted by atomic mass is 10.0. The van der Waals surface area contributed by atoms with Crippen LogP contribution in [0.1, 0.15) is 72.1 Å². The predicted molar refractivity (Wildman–Crippen MR) is 260 cm³/mol. The van der Waals surface area contributed by atoms with Crippen LogP contribution in [0.4, 0.5) is 11.6 Å². The topological polar surface area (TPSA) is 198 Å². The Labute approximate surface area is 382 Å². The normalized spacial score (nSPS) is 11.1. The molecular weight excluding hydrogens is 829 g/mol. The molecule has 0 unspecified atom stereocenters. The molecule has 0 atom stereocenters. The van der Waals surface area contributed by atoms with Crippen LogP contribution >= 0.6 is 0 Å². The van der Waals surface area contributed by atoms with E-state index in [4.69, 9.17) is 20.9 Å². The number of nitrogens with zero attached hydrogens (tertiary/aromatic N) is 6. The van der Waals surface area contributed by atoms with E-state index in [-0.39, 0.29) is 23.0 Å². The SMILES string of the molecule is CCCCCc1ccc(Oc2ccc(Cn3c(=O)[nH]c4c(N)nc(C)nc43)cc2)cc1.Cc1nc(N)c2[nH]c(=O)n(Cc3ccc(Oc4ccc(CCCc5ccccc5)cc4)cc3)c2n1. The summed E-state index contributed by atoms with van der Waals surface area (Å²) < 4.78 is 15.1. The highest BCUT2D eigenvalue weighted by atomic mass is 16.5. The molecule has 0 saturated heterocycles. The van der Waals surface area contributed by atoms with E-state index in [1.165, 1.54) is 36.0 Å². The van der Waals surface area contributed by atoms with Crippen molar-refractivity contribution in [3.8, 4) is 23.0 Å².